The summed E-state index contributed by atoms with van der Waals surface area (Å²) in [5, 5.41) is 20.6. The first kappa shape index (κ1) is 32.3. The molecule has 1 aliphatic carbocycles. The van der Waals surface area contributed by atoms with E-state index in [-0.39, 0.29) is 12.0 Å². The highest BCUT2D eigenvalue weighted by Crippen LogP contribution is 2.42. The number of amides is 1. The van der Waals surface area contributed by atoms with E-state index in [1.807, 2.05) is 32.9 Å². The number of anilines is 2. The smallest absolute Gasteiger partial charge is 0.317 e. The summed E-state index contributed by atoms with van der Waals surface area (Å²) in [5.74, 6) is 18.0. The van der Waals surface area contributed by atoms with Crippen LogP contribution in [0.15, 0.2) is 41.5 Å². The van der Waals surface area contributed by atoms with Gasteiger partial charge >= 0.3 is 5.97 Å². The SMILES string of the molecule is CC(C)(C#Cc1ccc(NC=O)c(Cl)c1)CNCC(=O)O.CCS/C(=N/N)N(N)c1ccc(C2CC2)cc1Cl. The van der Waals surface area contributed by atoms with Gasteiger partial charge in [0.15, 0.2) is 0 Å². The van der Waals surface area contributed by atoms with E-state index in [9.17, 15) is 9.59 Å². The van der Waals surface area contributed by atoms with Crippen molar-refractivity contribution in [2.75, 3.05) is 29.2 Å². The number of carboxylic acids is 1. The second kappa shape index (κ2) is 15.6. The van der Waals surface area contributed by atoms with E-state index in [2.05, 4.69) is 33.6 Å². The van der Waals surface area contributed by atoms with Crippen molar-refractivity contribution in [1.29, 1.82) is 0 Å². The molecular weight excluding hydrogens is 559 g/mol. The number of carbonyl (C=O) groups excluding carboxylic acids is 1. The number of thioether (sulfide) groups is 1. The van der Waals surface area contributed by atoms with Crippen LogP contribution in [0, 0.1) is 17.3 Å². The number of rotatable bonds is 9. The highest BCUT2D eigenvalue weighted by atomic mass is 35.5. The fourth-order valence-corrected chi connectivity index (χ4v) is 4.42. The van der Waals surface area contributed by atoms with Crippen LogP contribution in [0.1, 0.15) is 50.7 Å². The molecule has 39 heavy (non-hydrogen) atoms. The standard InChI is InChI=1S/C15H17ClN2O3.C12H17ClN4S/c1-15(2,9-17-8-14(20)21)6-5-11-3-4-13(18-10-19)12(16)7-11;1-2-18-12(16-14)17(15)11-6-5-9(7-10(11)13)8-3-4-8/h3-4,7,10,17H,8-9H2,1-2H3,(H,18,19)(H,20,21);5-8H,2-4,14-15H2,1H3/b;16-12+. The molecule has 0 bridgehead atoms. The predicted molar refractivity (Wildman–Crippen MR) is 162 cm³/mol. The average molecular weight is 594 g/mol. The van der Waals surface area contributed by atoms with Gasteiger partial charge in [0, 0.05) is 17.5 Å². The summed E-state index contributed by atoms with van der Waals surface area (Å²) in [6, 6.07) is 11.1. The number of aliphatic carboxylic acids is 1. The number of hydrazone groups is 1. The van der Waals surface area contributed by atoms with Gasteiger partial charge in [-0.1, -0.05) is 59.8 Å². The van der Waals surface area contributed by atoms with E-state index in [4.69, 9.17) is 40.0 Å². The lowest BCUT2D eigenvalue weighted by molar-refractivity contribution is -0.136. The molecule has 0 aliphatic heterocycles. The van der Waals surface area contributed by atoms with Crippen LogP contribution in [0.5, 0.6) is 0 Å². The summed E-state index contributed by atoms with van der Waals surface area (Å²) >= 11 is 13.8. The number of amidine groups is 1. The maximum Gasteiger partial charge on any atom is 0.317 e. The molecule has 0 radical (unpaired) electrons. The second-order valence-electron chi connectivity index (χ2n) is 9.29. The van der Waals surface area contributed by atoms with Crippen LogP contribution in [-0.4, -0.2) is 41.5 Å². The number of carbonyl (C=O) groups is 2. The van der Waals surface area contributed by atoms with Crippen molar-refractivity contribution in [3.63, 3.8) is 0 Å². The first-order valence-corrected chi connectivity index (χ1v) is 14.0. The Morgan fingerprint density at radius 2 is 1.97 bits per heavy atom. The Balaban J connectivity index is 0.000000276. The Morgan fingerprint density at radius 1 is 1.26 bits per heavy atom. The number of nitrogens with one attached hydrogen (secondary N) is 2. The first-order chi connectivity index (χ1) is 18.5. The van der Waals surface area contributed by atoms with Gasteiger partial charge in [-0.05, 0) is 74.3 Å². The lowest BCUT2D eigenvalue weighted by Crippen LogP contribution is -2.36. The molecule has 1 amide bonds. The maximum absolute atomic E-state index is 10.4. The van der Waals surface area contributed by atoms with Crippen molar-refractivity contribution < 1.29 is 14.7 Å². The van der Waals surface area contributed by atoms with E-state index in [0.717, 1.165) is 17.0 Å². The molecule has 2 aromatic carbocycles. The zero-order valence-corrected chi connectivity index (χ0v) is 24.5. The Hall–Kier alpha value is -2.94. The lowest BCUT2D eigenvalue weighted by Gasteiger charge is -2.20. The van der Waals surface area contributed by atoms with Crippen LogP contribution in [0.25, 0.3) is 0 Å². The van der Waals surface area contributed by atoms with Gasteiger partial charge in [-0.25, -0.2) is 5.84 Å². The van der Waals surface area contributed by atoms with Crippen molar-refractivity contribution in [2.45, 2.75) is 39.5 Å². The largest absolute Gasteiger partial charge is 0.480 e. The highest BCUT2D eigenvalue weighted by Gasteiger charge is 2.24. The minimum atomic E-state index is -0.899. The minimum absolute atomic E-state index is 0.0942. The Bertz CT molecular complexity index is 1240. The molecule has 0 saturated heterocycles. The van der Waals surface area contributed by atoms with Crippen molar-refractivity contribution in [3.05, 3.63) is 57.6 Å². The summed E-state index contributed by atoms with van der Waals surface area (Å²) in [4.78, 5) is 20.8. The van der Waals surface area contributed by atoms with E-state index in [1.165, 1.54) is 35.2 Å². The molecule has 1 saturated carbocycles. The Kier molecular flexibility index (Phi) is 12.9. The zero-order chi connectivity index (χ0) is 29.0. The highest BCUT2D eigenvalue weighted by molar-refractivity contribution is 8.14. The normalized spacial score (nSPS) is 12.9. The van der Waals surface area contributed by atoms with E-state index >= 15 is 0 Å². The zero-order valence-electron chi connectivity index (χ0n) is 22.1. The number of hydrazine groups is 1. The number of benzene rings is 2. The molecule has 210 valence electrons. The molecule has 12 heteroatoms. The van der Waals surface area contributed by atoms with Gasteiger partial charge < -0.3 is 21.6 Å². The van der Waals surface area contributed by atoms with Crippen LogP contribution in [-0.2, 0) is 9.59 Å². The molecule has 0 unspecified atom stereocenters. The molecule has 1 aliphatic rings. The van der Waals surface area contributed by atoms with Gasteiger partial charge in [0.25, 0.3) is 0 Å². The molecule has 1 fully saturated rings. The molecule has 9 nitrogen and oxygen atoms in total. The van der Waals surface area contributed by atoms with Crippen molar-refractivity contribution in [2.24, 2.45) is 22.2 Å². The number of nitrogens with zero attached hydrogens (tertiary/aromatic N) is 2. The topological polar surface area (TPSA) is 146 Å². The van der Waals surface area contributed by atoms with Crippen molar-refractivity contribution in [3.8, 4) is 11.8 Å². The van der Waals surface area contributed by atoms with Gasteiger partial charge in [0.1, 0.15) is 0 Å². The summed E-state index contributed by atoms with van der Waals surface area (Å²) < 4.78 is 0. The second-order valence-corrected chi connectivity index (χ2v) is 11.3. The molecule has 3 rings (SSSR count). The van der Waals surface area contributed by atoms with Gasteiger partial charge in [0.2, 0.25) is 11.6 Å². The minimum Gasteiger partial charge on any atom is -0.480 e. The molecule has 2 aromatic rings. The molecule has 0 aromatic heterocycles. The Morgan fingerprint density at radius 3 is 2.51 bits per heavy atom. The third-order valence-corrected chi connectivity index (χ3v) is 6.91. The Labute approximate surface area is 243 Å². The summed E-state index contributed by atoms with van der Waals surface area (Å²) in [6.07, 6.45) is 3.07. The number of hydrogen-bond acceptors (Lipinski definition) is 7. The van der Waals surface area contributed by atoms with Crippen LogP contribution in [0.2, 0.25) is 10.0 Å². The third kappa shape index (κ3) is 11.0. The van der Waals surface area contributed by atoms with Gasteiger partial charge in [-0.2, -0.15) is 5.10 Å². The van der Waals surface area contributed by atoms with E-state index in [0.29, 0.717) is 39.8 Å². The number of carboxylic acid groups (broad SMARTS) is 1. The van der Waals surface area contributed by atoms with Crippen LogP contribution in [0.3, 0.4) is 0 Å². The molecule has 0 spiro atoms. The van der Waals surface area contributed by atoms with Crippen LogP contribution in [0.4, 0.5) is 11.4 Å². The summed E-state index contributed by atoms with van der Waals surface area (Å²) in [7, 11) is 0. The third-order valence-electron chi connectivity index (χ3n) is 5.44. The quantitative estimate of drug-likeness (QED) is 0.0694. The first-order valence-electron chi connectivity index (χ1n) is 12.2. The van der Waals surface area contributed by atoms with Crippen LogP contribution >= 0.6 is 35.0 Å². The fourth-order valence-electron chi connectivity index (χ4n) is 3.33. The van der Waals surface area contributed by atoms with Gasteiger partial charge in [0.05, 0.1) is 28.0 Å². The van der Waals surface area contributed by atoms with Gasteiger partial charge in [-0.3, -0.25) is 14.6 Å². The van der Waals surface area contributed by atoms with E-state index < -0.39 is 5.97 Å². The average Bonchev–Trinajstić information content (AvgIpc) is 3.73. The number of nitrogens with two attached hydrogens (primary N) is 2. The van der Waals surface area contributed by atoms with Crippen LogP contribution < -0.4 is 27.3 Å². The van der Waals surface area contributed by atoms with Crippen molar-refractivity contribution in [1.82, 2.24) is 5.32 Å². The number of halogens is 2. The van der Waals surface area contributed by atoms with Gasteiger partial charge in [-0.15, -0.1) is 0 Å². The molecular formula is C27H34Cl2N6O3S. The van der Waals surface area contributed by atoms with Crippen molar-refractivity contribution >= 4 is 63.9 Å². The molecule has 0 atom stereocenters. The molecule has 0 heterocycles. The monoisotopic (exact) mass is 592 g/mol. The fraction of sp³-hybridized carbons (Fsp3) is 0.370. The summed E-state index contributed by atoms with van der Waals surface area (Å²) in [6.45, 7) is 6.22. The lowest BCUT2D eigenvalue weighted by atomic mass is 9.94. The van der Waals surface area contributed by atoms with E-state index in [1.54, 1.807) is 18.2 Å². The molecule has 7 N–H and O–H groups in total. The summed E-state index contributed by atoms with van der Waals surface area (Å²) in [5.41, 5.74) is 2.89. The maximum atomic E-state index is 10.4. The predicted octanol–water partition coefficient (Wildman–Crippen LogP) is 4.84. The number of hydrogen-bond donors (Lipinski definition) is 5.